The Morgan fingerprint density at radius 3 is 2.39 bits per heavy atom. The number of fused-ring (bicyclic) bond motifs is 1. The van der Waals surface area contributed by atoms with Crippen LogP contribution in [0, 0.1) is 6.92 Å². The summed E-state index contributed by atoms with van der Waals surface area (Å²) < 4.78 is 1.78. The molecule has 1 aliphatic carbocycles. The molecule has 1 aliphatic heterocycles. The molecule has 0 bridgehead atoms. The van der Waals surface area contributed by atoms with Gasteiger partial charge in [0.2, 0.25) is 11.7 Å². The summed E-state index contributed by atoms with van der Waals surface area (Å²) in [5, 5.41) is 6.44. The molecule has 1 saturated carbocycles. The molecule has 2 amide bonds. The van der Waals surface area contributed by atoms with Crippen LogP contribution in [0.2, 0.25) is 0 Å². The largest absolute Gasteiger partial charge is 0.371 e. The average molecular weight is 562 g/mol. The first-order chi connectivity index (χ1) is 17.4. The van der Waals surface area contributed by atoms with Crippen molar-refractivity contribution in [1.82, 2.24) is 25.2 Å². The average Bonchev–Trinajstić information content (AvgIpc) is 3.22. The standard InChI is InChI=1S/C28H36N6O2.2ClH/c1-20-8-9-24-23(18-20)31-26(34(24)19-25(35)30-21-6-4-3-5-7-21)27(36)32-28(2)12-16-33(17-13-28)22-10-14-29-15-11-22;;/h8-11,14-15,18,21H,3-7,12-13,16-17,19H2,1-2H3,(H,30,35)(H,32,36);2*1H. The summed E-state index contributed by atoms with van der Waals surface area (Å²) in [5.41, 5.74) is 3.43. The fourth-order valence-electron chi connectivity index (χ4n) is 5.51. The zero-order chi connectivity index (χ0) is 25.1. The fourth-order valence-corrected chi connectivity index (χ4v) is 5.51. The second kappa shape index (κ2) is 12.8. The molecule has 2 fully saturated rings. The van der Waals surface area contributed by atoms with Crippen LogP contribution in [0.15, 0.2) is 42.7 Å². The van der Waals surface area contributed by atoms with Gasteiger partial charge in [-0.1, -0.05) is 25.3 Å². The van der Waals surface area contributed by atoms with Crippen molar-refractivity contribution in [3.05, 3.63) is 54.1 Å². The highest BCUT2D eigenvalue weighted by Crippen LogP contribution is 2.27. The van der Waals surface area contributed by atoms with Gasteiger partial charge < -0.3 is 20.1 Å². The van der Waals surface area contributed by atoms with E-state index >= 15 is 0 Å². The number of imidazole rings is 1. The number of carbonyl (C=O) groups excluding carboxylic acids is 2. The van der Waals surface area contributed by atoms with Crippen LogP contribution in [-0.4, -0.2) is 51.0 Å². The fraction of sp³-hybridized carbons (Fsp3) is 0.500. The third-order valence-corrected chi connectivity index (χ3v) is 7.69. The first kappa shape index (κ1) is 29.7. The minimum atomic E-state index is -0.343. The zero-order valence-electron chi connectivity index (χ0n) is 22.1. The summed E-state index contributed by atoms with van der Waals surface area (Å²) in [6.07, 6.45) is 10.9. The van der Waals surface area contributed by atoms with Gasteiger partial charge in [0, 0.05) is 42.8 Å². The third-order valence-electron chi connectivity index (χ3n) is 7.69. The molecule has 3 heterocycles. The van der Waals surface area contributed by atoms with Crippen LogP contribution in [0.5, 0.6) is 0 Å². The number of nitrogens with zero attached hydrogens (tertiary/aromatic N) is 4. The van der Waals surface area contributed by atoms with Crippen molar-refractivity contribution < 1.29 is 9.59 Å². The SMILES string of the molecule is Cc1ccc2c(c1)nc(C(=O)NC1(C)CCN(c3ccncc3)CC1)n2CC(=O)NC1CCCCC1.Cl.Cl. The van der Waals surface area contributed by atoms with Crippen LogP contribution < -0.4 is 15.5 Å². The van der Waals surface area contributed by atoms with Gasteiger partial charge in [0.05, 0.1) is 11.0 Å². The van der Waals surface area contributed by atoms with E-state index in [-0.39, 0.29) is 54.8 Å². The maximum atomic E-state index is 13.6. The molecule has 0 atom stereocenters. The van der Waals surface area contributed by atoms with Crippen molar-refractivity contribution in [3.63, 3.8) is 0 Å². The number of amides is 2. The summed E-state index contributed by atoms with van der Waals surface area (Å²) in [6.45, 7) is 5.89. The number of pyridine rings is 1. The Morgan fingerprint density at radius 2 is 1.71 bits per heavy atom. The molecule has 1 saturated heterocycles. The number of anilines is 1. The van der Waals surface area contributed by atoms with Gasteiger partial charge in [-0.05, 0) is 69.4 Å². The number of aromatic nitrogens is 3. The Hall–Kier alpha value is -2.84. The van der Waals surface area contributed by atoms with Crippen LogP contribution in [0.3, 0.4) is 0 Å². The molecule has 0 spiro atoms. The van der Waals surface area contributed by atoms with Gasteiger partial charge >= 0.3 is 0 Å². The van der Waals surface area contributed by atoms with E-state index in [2.05, 4.69) is 32.4 Å². The van der Waals surface area contributed by atoms with Crippen molar-refractivity contribution in [2.75, 3.05) is 18.0 Å². The molecule has 5 rings (SSSR count). The van der Waals surface area contributed by atoms with Gasteiger partial charge in [-0.3, -0.25) is 14.6 Å². The summed E-state index contributed by atoms with van der Waals surface area (Å²) >= 11 is 0. The molecule has 1 aromatic carbocycles. The molecule has 38 heavy (non-hydrogen) atoms. The predicted octanol–water partition coefficient (Wildman–Crippen LogP) is 4.82. The number of halogens is 2. The van der Waals surface area contributed by atoms with E-state index in [0.29, 0.717) is 5.82 Å². The monoisotopic (exact) mass is 560 g/mol. The van der Waals surface area contributed by atoms with E-state index in [1.54, 1.807) is 4.57 Å². The van der Waals surface area contributed by atoms with Crippen LogP contribution in [0.4, 0.5) is 5.69 Å². The lowest BCUT2D eigenvalue weighted by Gasteiger charge is -2.40. The summed E-state index contributed by atoms with van der Waals surface area (Å²) in [4.78, 5) is 37.7. The first-order valence-electron chi connectivity index (χ1n) is 13.1. The third kappa shape index (κ3) is 6.77. The zero-order valence-corrected chi connectivity index (χ0v) is 23.7. The Bertz CT molecular complexity index is 1230. The molecule has 10 heteroatoms. The predicted molar refractivity (Wildman–Crippen MR) is 156 cm³/mol. The number of aryl methyl sites for hydroxylation is 1. The Kier molecular flexibility index (Phi) is 10.0. The van der Waals surface area contributed by atoms with Crippen molar-refractivity contribution >= 4 is 53.3 Å². The molecule has 3 aromatic rings. The van der Waals surface area contributed by atoms with Crippen molar-refractivity contribution in [2.45, 2.75) is 76.9 Å². The van der Waals surface area contributed by atoms with E-state index in [0.717, 1.165) is 73.9 Å². The summed E-state index contributed by atoms with van der Waals surface area (Å²) in [7, 11) is 0. The van der Waals surface area contributed by atoms with Gasteiger partial charge in [0.1, 0.15) is 6.54 Å². The molecule has 206 valence electrons. The smallest absolute Gasteiger partial charge is 0.287 e. The molecular formula is C28H38Cl2N6O2. The lowest BCUT2D eigenvalue weighted by atomic mass is 9.89. The topological polar surface area (TPSA) is 92.2 Å². The van der Waals surface area contributed by atoms with E-state index in [4.69, 9.17) is 0 Å². The Labute approximate surface area is 236 Å². The minimum Gasteiger partial charge on any atom is -0.371 e. The van der Waals surface area contributed by atoms with Crippen LogP contribution >= 0.6 is 24.8 Å². The number of hydrogen-bond acceptors (Lipinski definition) is 5. The van der Waals surface area contributed by atoms with Gasteiger partial charge in [-0.15, -0.1) is 24.8 Å². The number of hydrogen-bond donors (Lipinski definition) is 2. The van der Waals surface area contributed by atoms with Gasteiger partial charge in [-0.2, -0.15) is 0 Å². The first-order valence-corrected chi connectivity index (χ1v) is 13.1. The van der Waals surface area contributed by atoms with E-state index < -0.39 is 0 Å². The molecular weight excluding hydrogens is 523 g/mol. The highest BCUT2D eigenvalue weighted by atomic mass is 35.5. The number of piperidine rings is 1. The van der Waals surface area contributed by atoms with Crippen molar-refractivity contribution in [2.24, 2.45) is 0 Å². The number of carbonyl (C=O) groups is 2. The lowest BCUT2D eigenvalue weighted by Crippen LogP contribution is -2.54. The van der Waals surface area contributed by atoms with Gasteiger partial charge in [0.15, 0.2) is 0 Å². The second-order valence-corrected chi connectivity index (χ2v) is 10.6. The van der Waals surface area contributed by atoms with Gasteiger partial charge in [-0.25, -0.2) is 4.98 Å². The maximum absolute atomic E-state index is 13.6. The Morgan fingerprint density at radius 1 is 1.03 bits per heavy atom. The van der Waals surface area contributed by atoms with Gasteiger partial charge in [0.25, 0.3) is 5.91 Å². The van der Waals surface area contributed by atoms with Crippen LogP contribution in [0.25, 0.3) is 11.0 Å². The number of rotatable bonds is 6. The van der Waals surface area contributed by atoms with Crippen LogP contribution in [0.1, 0.15) is 68.1 Å². The molecule has 2 N–H and O–H groups in total. The Balaban J connectivity index is 0.00000200. The molecule has 2 aliphatic rings. The quantitative estimate of drug-likeness (QED) is 0.450. The van der Waals surface area contributed by atoms with E-state index in [1.807, 2.05) is 49.6 Å². The summed E-state index contributed by atoms with van der Waals surface area (Å²) in [5.74, 6) is 0.00839. The highest BCUT2D eigenvalue weighted by Gasteiger charge is 2.33. The van der Waals surface area contributed by atoms with Crippen molar-refractivity contribution in [3.8, 4) is 0 Å². The lowest BCUT2D eigenvalue weighted by molar-refractivity contribution is -0.122. The normalized spacial score (nSPS) is 17.3. The number of nitrogens with one attached hydrogen (secondary N) is 2. The van der Waals surface area contributed by atoms with Crippen LogP contribution in [-0.2, 0) is 11.3 Å². The molecule has 2 aromatic heterocycles. The summed E-state index contributed by atoms with van der Waals surface area (Å²) in [6, 6.07) is 10.2. The van der Waals surface area contributed by atoms with Crippen molar-refractivity contribution in [1.29, 1.82) is 0 Å². The molecule has 0 radical (unpaired) electrons. The van der Waals surface area contributed by atoms with E-state index in [1.165, 1.54) is 6.42 Å². The highest BCUT2D eigenvalue weighted by molar-refractivity contribution is 5.96. The second-order valence-electron chi connectivity index (χ2n) is 10.6. The maximum Gasteiger partial charge on any atom is 0.287 e. The van der Waals surface area contributed by atoms with E-state index in [9.17, 15) is 9.59 Å². The minimum absolute atomic E-state index is 0. The number of benzene rings is 1. The molecule has 8 nitrogen and oxygen atoms in total. The molecule has 0 unspecified atom stereocenters.